The third-order valence-electron chi connectivity index (χ3n) is 2.46. The summed E-state index contributed by atoms with van der Waals surface area (Å²) in [6.45, 7) is 6.78. The van der Waals surface area contributed by atoms with Gasteiger partial charge in [0.15, 0.2) is 9.84 Å². The lowest BCUT2D eigenvalue weighted by Crippen LogP contribution is -2.31. The van der Waals surface area contributed by atoms with E-state index in [-0.39, 0.29) is 24.0 Å². The SMILES string of the molecule is CC(N)CCC(=O)CCS(=O)(=O)C(C)(C)C. The Morgan fingerprint density at radius 3 is 2.12 bits per heavy atom. The van der Waals surface area contributed by atoms with E-state index in [1.165, 1.54) is 0 Å². The Hall–Kier alpha value is -0.420. The van der Waals surface area contributed by atoms with E-state index in [0.29, 0.717) is 12.8 Å². The molecule has 0 aromatic heterocycles. The maximum atomic E-state index is 11.7. The summed E-state index contributed by atoms with van der Waals surface area (Å²) >= 11 is 0. The van der Waals surface area contributed by atoms with Crippen molar-refractivity contribution in [3.63, 3.8) is 0 Å². The van der Waals surface area contributed by atoms with Crippen LogP contribution in [0.4, 0.5) is 0 Å². The summed E-state index contributed by atoms with van der Waals surface area (Å²) in [7, 11) is -3.18. The van der Waals surface area contributed by atoms with Crippen molar-refractivity contribution in [2.45, 2.75) is 57.7 Å². The smallest absolute Gasteiger partial charge is 0.155 e. The number of Topliss-reactive ketones (excluding diaryl/α,β-unsaturated/α-hetero) is 1. The van der Waals surface area contributed by atoms with Gasteiger partial charge in [0.2, 0.25) is 0 Å². The molecule has 0 amide bonds. The van der Waals surface area contributed by atoms with Crippen molar-refractivity contribution >= 4 is 15.6 Å². The Balaban J connectivity index is 4.12. The molecule has 1 unspecified atom stereocenters. The molecular formula is C11H23NO3S. The molecule has 0 saturated heterocycles. The zero-order valence-electron chi connectivity index (χ0n) is 10.6. The maximum absolute atomic E-state index is 11.7. The van der Waals surface area contributed by atoms with Gasteiger partial charge >= 0.3 is 0 Å². The van der Waals surface area contributed by atoms with E-state index >= 15 is 0 Å². The Kier molecular flexibility index (Phi) is 5.62. The van der Waals surface area contributed by atoms with Crippen molar-refractivity contribution in [2.75, 3.05) is 5.75 Å². The van der Waals surface area contributed by atoms with Crippen LogP contribution in [0.25, 0.3) is 0 Å². The number of carbonyl (C=O) groups excluding carboxylic acids is 1. The zero-order valence-corrected chi connectivity index (χ0v) is 11.4. The Labute approximate surface area is 98.5 Å². The Morgan fingerprint density at radius 2 is 1.75 bits per heavy atom. The van der Waals surface area contributed by atoms with E-state index in [1.807, 2.05) is 6.92 Å². The van der Waals surface area contributed by atoms with Gasteiger partial charge in [0.05, 0.1) is 10.5 Å². The van der Waals surface area contributed by atoms with Gasteiger partial charge in [-0.2, -0.15) is 0 Å². The molecule has 5 heteroatoms. The molecule has 0 bridgehead atoms. The lowest BCUT2D eigenvalue weighted by atomic mass is 10.1. The minimum atomic E-state index is -3.18. The third-order valence-corrected chi connectivity index (χ3v) is 5.07. The van der Waals surface area contributed by atoms with Crippen LogP contribution in [-0.4, -0.2) is 30.7 Å². The van der Waals surface area contributed by atoms with Crippen LogP contribution in [0.2, 0.25) is 0 Å². The number of rotatable bonds is 6. The van der Waals surface area contributed by atoms with Crippen LogP contribution < -0.4 is 5.73 Å². The van der Waals surface area contributed by atoms with Crippen LogP contribution in [-0.2, 0) is 14.6 Å². The molecule has 0 aliphatic carbocycles. The number of nitrogens with two attached hydrogens (primary N) is 1. The monoisotopic (exact) mass is 249 g/mol. The topological polar surface area (TPSA) is 77.2 Å². The van der Waals surface area contributed by atoms with Gasteiger partial charge in [0, 0.05) is 18.9 Å². The van der Waals surface area contributed by atoms with Gasteiger partial charge in [-0.1, -0.05) is 0 Å². The molecule has 0 rings (SSSR count). The average molecular weight is 249 g/mol. The molecule has 0 spiro atoms. The van der Waals surface area contributed by atoms with Gasteiger partial charge in [0.1, 0.15) is 5.78 Å². The standard InChI is InChI=1S/C11H23NO3S/c1-9(12)5-6-10(13)7-8-16(14,15)11(2,3)4/h9H,5-8,12H2,1-4H3. The predicted octanol–water partition coefficient (Wildman–Crippen LogP) is 1.29. The minimum absolute atomic E-state index is 0.0110. The first-order valence-corrected chi connectivity index (χ1v) is 7.21. The summed E-state index contributed by atoms with van der Waals surface area (Å²) in [5, 5.41) is 0. The quantitative estimate of drug-likeness (QED) is 0.769. The van der Waals surface area contributed by atoms with Crippen molar-refractivity contribution < 1.29 is 13.2 Å². The van der Waals surface area contributed by atoms with Crippen LogP contribution >= 0.6 is 0 Å². The Bertz CT molecular complexity index is 326. The van der Waals surface area contributed by atoms with Gasteiger partial charge in [-0.15, -0.1) is 0 Å². The van der Waals surface area contributed by atoms with Crippen LogP contribution in [0.5, 0.6) is 0 Å². The highest BCUT2D eigenvalue weighted by molar-refractivity contribution is 7.92. The summed E-state index contributed by atoms with van der Waals surface area (Å²) in [6, 6.07) is -0.0110. The molecule has 0 aromatic rings. The summed E-state index contributed by atoms with van der Waals surface area (Å²) < 4.78 is 22.7. The molecular weight excluding hydrogens is 226 g/mol. The van der Waals surface area contributed by atoms with E-state index in [1.54, 1.807) is 20.8 Å². The van der Waals surface area contributed by atoms with Gasteiger partial charge < -0.3 is 5.73 Å². The second kappa shape index (κ2) is 5.77. The first kappa shape index (κ1) is 15.6. The molecule has 4 nitrogen and oxygen atoms in total. The number of hydrogen-bond acceptors (Lipinski definition) is 4. The maximum Gasteiger partial charge on any atom is 0.155 e. The number of ketones is 1. The van der Waals surface area contributed by atoms with Crippen LogP contribution in [0.3, 0.4) is 0 Å². The fourth-order valence-electron chi connectivity index (χ4n) is 1.07. The normalized spacial score (nSPS) is 14.8. The number of carbonyl (C=O) groups is 1. The van der Waals surface area contributed by atoms with Crippen LogP contribution in [0.1, 0.15) is 47.0 Å². The molecule has 0 fully saturated rings. The van der Waals surface area contributed by atoms with Crippen molar-refractivity contribution in [3.8, 4) is 0 Å². The highest BCUT2D eigenvalue weighted by Gasteiger charge is 2.28. The minimum Gasteiger partial charge on any atom is -0.328 e. The first-order chi connectivity index (χ1) is 7.06. The van der Waals surface area contributed by atoms with E-state index in [9.17, 15) is 13.2 Å². The van der Waals surface area contributed by atoms with Gasteiger partial charge in [0.25, 0.3) is 0 Å². The molecule has 0 aliphatic rings. The second-order valence-corrected chi connectivity index (χ2v) is 8.10. The number of hydrogen-bond donors (Lipinski definition) is 1. The molecule has 16 heavy (non-hydrogen) atoms. The molecule has 0 saturated carbocycles. The molecule has 96 valence electrons. The third kappa shape index (κ3) is 5.61. The molecule has 1 atom stereocenters. The van der Waals surface area contributed by atoms with Crippen molar-refractivity contribution in [1.29, 1.82) is 0 Å². The van der Waals surface area contributed by atoms with Crippen molar-refractivity contribution in [1.82, 2.24) is 0 Å². The second-order valence-electron chi connectivity index (χ2n) is 5.24. The summed E-state index contributed by atoms with van der Waals surface area (Å²) in [4.78, 5) is 11.4. The van der Waals surface area contributed by atoms with Crippen molar-refractivity contribution in [2.24, 2.45) is 5.73 Å². The molecule has 0 radical (unpaired) electrons. The lowest BCUT2D eigenvalue weighted by molar-refractivity contribution is -0.118. The van der Waals surface area contributed by atoms with E-state index in [0.717, 1.165) is 0 Å². The summed E-state index contributed by atoms with van der Waals surface area (Å²) in [5.74, 6) is -0.0843. The lowest BCUT2D eigenvalue weighted by Gasteiger charge is -2.18. The van der Waals surface area contributed by atoms with Crippen molar-refractivity contribution in [3.05, 3.63) is 0 Å². The molecule has 0 aromatic carbocycles. The fraction of sp³-hybridized carbons (Fsp3) is 0.909. The van der Waals surface area contributed by atoms with Crippen LogP contribution in [0, 0.1) is 0 Å². The van der Waals surface area contributed by atoms with Gasteiger partial charge in [-0.25, -0.2) is 8.42 Å². The highest BCUT2D eigenvalue weighted by Crippen LogP contribution is 2.17. The highest BCUT2D eigenvalue weighted by atomic mass is 32.2. The van der Waals surface area contributed by atoms with Crippen LogP contribution in [0.15, 0.2) is 0 Å². The fourth-order valence-corrected chi connectivity index (χ4v) is 2.18. The van der Waals surface area contributed by atoms with E-state index in [4.69, 9.17) is 5.73 Å². The predicted molar refractivity (Wildman–Crippen MR) is 66.0 cm³/mol. The molecule has 2 N–H and O–H groups in total. The number of sulfone groups is 1. The van der Waals surface area contributed by atoms with E-state index < -0.39 is 14.6 Å². The van der Waals surface area contributed by atoms with Gasteiger partial charge in [-0.05, 0) is 34.1 Å². The summed E-state index contributed by atoms with van der Waals surface area (Å²) in [6.07, 6.45) is 1.10. The van der Waals surface area contributed by atoms with Gasteiger partial charge in [-0.3, -0.25) is 4.79 Å². The molecule has 0 aliphatic heterocycles. The molecule has 0 heterocycles. The van der Waals surface area contributed by atoms with E-state index in [2.05, 4.69) is 0 Å². The summed E-state index contributed by atoms with van der Waals surface area (Å²) in [5.41, 5.74) is 5.52. The first-order valence-electron chi connectivity index (χ1n) is 5.56. The Morgan fingerprint density at radius 1 is 1.25 bits per heavy atom. The largest absolute Gasteiger partial charge is 0.328 e. The zero-order chi connectivity index (χ0) is 13.0. The average Bonchev–Trinajstić information content (AvgIpc) is 2.09.